The van der Waals surface area contributed by atoms with Gasteiger partial charge in [0.1, 0.15) is 0 Å². The number of thiophene rings is 1. The molecule has 0 fully saturated rings. The van der Waals surface area contributed by atoms with E-state index >= 15 is 0 Å². The highest BCUT2D eigenvalue weighted by atomic mass is 32.1. The third-order valence-corrected chi connectivity index (χ3v) is 3.77. The van der Waals surface area contributed by atoms with Gasteiger partial charge in [-0.3, -0.25) is 4.79 Å². The number of hydrogen-bond acceptors (Lipinski definition) is 2. The number of aryl methyl sites for hydroxylation is 1. The molecule has 0 aliphatic rings. The van der Waals surface area contributed by atoms with Gasteiger partial charge in [-0.15, -0.1) is 11.3 Å². The molecule has 16 heavy (non-hydrogen) atoms. The molecule has 0 radical (unpaired) electrons. The molecule has 2 aromatic carbocycles. The second kappa shape index (κ2) is 3.42. The van der Waals surface area contributed by atoms with Crippen LogP contribution in [0.2, 0.25) is 0 Å². The Bertz CT molecular complexity index is 740. The van der Waals surface area contributed by atoms with Crippen LogP contribution in [0.25, 0.3) is 20.9 Å². The normalized spacial score (nSPS) is 11.1. The van der Waals surface area contributed by atoms with Crippen LogP contribution in [0.3, 0.4) is 0 Å². The van der Waals surface area contributed by atoms with Crippen molar-refractivity contribution in [1.29, 1.82) is 0 Å². The molecule has 0 atom stereocenters. The Kier molecular flexibility index (Phi) is 2.04. The molecular formula is C14H10OS. The maximum Gasteiger partial charge on any atom is 0.195 e. The molecule has 0 saturated carbocycles. The minimum atomic E-state index is 0.148. The van der Waals surface area contributed by atoms with Crippen molar-refractivity contribution < 1.29 is 0 Å². The second-order valence-electron chi connectivity index (χ2n) is 3.90. The molecule has 78 valence electrons. The van der Waals surface area contributed by atoms with Gasteiger partial charge < -0.3 is 0 Å². The Morgan fingerprint density at radius 3 is 2.81 bits per heavy atom. The van der Waals surface area contributed by atoms with Crippen LogP contribution in [0, 0.1) is 6.92 Å². The first-order valence-electron chi connectivity index (χ1n) is 5.17. The molecule has 0 saturated heterocycles. The molecule has 0 spiro atoms. The standard InChI is InChI=1S/C14H10OS/c1-9-3-2-4-10-5-6-12-11(7-8-16-12)14(15)13(9)10/h2-8H,1H3. The zero-order valence-electron chi connectivity index (χ0n) is 8.86. The van der Waals surface area contributed by atoms with Gasteiger partial charge in [-0.2, -0.15) is 0 Å². The number of fused-ring (bicyclic) bond motifs is 2. The molecule has 0 bridgehead atoms. The van der Waals surface area contributed by atoms with Crippen LogP contribution in [-0.2, 0) is 0 Å². The average Bonchev–Trinajstić information content (AvgIpc) is 2.69. The summed E-state index contributed by atoms with van der Waals surface area (Å²) in [5.41, 5.74) is 1.19. The van der Waals surface area contributed by atoms with Crippen LogP contribution in [0.5, 0.6) is 0 Å². The highest BCUT2D eigenvalue weighted by Gasteiger charge is 2.04. The molecular weight excluding hydrogens is 216 g/mol. The molecule has 3 rings (SSSR count). The molecule has 2 heteroatoms. The Balaban J connectivity index is 2.72. The van der Waals surface area contributed by atoms with E-state index in [1.165, 1.54) is 0 Å². The summed E-state index contributed by atoms with van der Waals surface area (Å²) in [4.78, 5) is 12.4. The van der Waals surface area contributed by atoms with E-state index in [4.69, 9.17) is 0 Å². The van der Waals surface area contributed by atoms with Crippen molar-refractivity contribution in [1.82, 2.24) is 0 Å². The van der Waals surface area contributed by atoms with Crippen molar-refractivity contribution in [3.8, 4) is 0 Å². The van der Waals surface area contributed by atoms with Gasteiger partial charge in [0.2, 0.25) is 0 Å². The highest BCUT2D eigenvalue weighted by Crippen LogP contribution is 2.21. The first-order valence-corrected chi connectivity index (χ1v) is 6.05. The van der Waals surface area contributed by atoms with Crippen LogP contribution in [0.1, 0.15) is 5.56 Å². The third kappa shape index (κ3) is 1.27. The lowest BCUT2D eigenvalue weighted by Gasteiger charge is -1.95. The summed E-state index contributed by atoms with van der Waals surface area (Å²) in [6, 6.07) is 11.9. The van der Waals surface area contributed by atoms with Gasteiger partial charge >= 0.3 is 0 Å². The number of rotatable bonds is 0. The Labute approximate surface area is 97.0 Å². The van der Waals surface area contributed by atoms with Crippen molar-refractivity contribution in [3.63, 3.8) is 0 Å². The lowest BCUT2D eigenvalue weighted by atomic mass is 10.1. The highest BCUT2D eigenvalue weighted by molar-refractivity contribution is 7.17. The topological polar surface area (TPSA) is 17.1 Å². The minimum absolute atomic E-state index is 0.148. The summed E-state index contributed by atoms with van der Waals surface area (Å²) in [7, 11) is 0. The van der Waals surface area contributed by atoms with Crippen molar-refractivity contribution in [2.24, 2.45) is 0 Å². The Hall–Kier alpha value is -1.67. The van der Waals surface area contributed by atoms with Gasteiger partial charge in [0.25, 0.3) is 0 Å². The summed E-state index contributed by atoms with van der Waals surface area (Å²) >= 11 is 1.61. The monoisotopic (exact) mass is 226 g/mol. The lowest BCUT2D eigenvalue weighted by molar-refractivity contribution is 1.53. The summed E-state index contributed by atoms with van der Waals surface area (Å²) in [6.45, 7) is 1.99. The fraction of sp³-hybridized carbons (Fsp3) is 0.0714. The van der Waals surface area contributed by atoms with Crippen LogP contribution in [-0.4, -0.2) is 0 Å². The molecule has 0 unspecified atom stereocenters. The maximum absolute atomic E-state index is 12.4. The fourth-order valence-electron chi connectivity index (χ4n) is 2.08. The van der Waals surface area contributed by atoms with Gasteiger partial charge in [0, 0.05) is 15.5 Å². The Morgan fingerprint density at radius 1 is 1.06 bits per heavy atom. The van der Waals surface area contributed by atoms with E-state index in [2.05, 4.69) is 0 Å². The van der Waals surface area contributed by atoms with E-state index in [1.807, 2.05) is 48.7 Å². The first-order chi connectivity index (χ1) is 7.77. The molecule has 0 amide bonds. The van der Waals surface area contributed by atoms with Crippen LogP contribution >= 0.6 is 11.3 Å². The van der Waals surface area contributed by atoms with E-state index in [9.17, 15) is 4.79 Å². The third-order valence-electron chi connectivity index (χ3n) is 2.89. The average molecular weight is 226 g/mol. The van der Waals surface area contributed by atoms with Gasteiger partial charge in [0.05, 0.1) is 0 Å². The van der Waals surface area contributed by atoms with Crippen LogP contribution < -0.4 is 5.43 Å². The van der Waals surface area contributed by atoms with E-state index in [1.54, 1.807) is 11.3 Å². The van der Waals surface area contributed by atoms with Gasteiger partial charge in [-0.1, -0.05) is 24.3 Å². The summed E-state index contributed by atoms with van der Waals surface area (Å²) in [6.07, 6.45) is 0. The predicted octanol–water partition coefficient (Wildman–Crippen LogP) is 3.72. The van der Waals surface area contributed by atoms with Crippen molar-refractivity contribution in [2.45, 2.75) is 6.92 Å². The molecule has 1 aromatic heterocycles. The van der Waals surface area contributed by atoms with Crippen molar-refractivity contribution >= 4 is 32.2 Å². The molecule has 0 aliphatic carbocycles. The summed E-state index contributed by atoms with van der Waals surface area (Å²) < 4.78 is 1.06. The van der Waals surface area contributed by atoms with E-state index in [0.717, 1.165) is 26.4 Å². The molecule has 1 heterocycles. The van der Waals surface area contributed by atoms with E-state index in [0.29, 0.717) is 0 Å². The zero-order chi connectivity index (χ0) is 11.1. The van der Waals surface area contributed by atoms with E-state index < -0.39 is 0 Å². The Morgan fingerprint density at radius 2 is 1.94 bits per heavy atom. The molecule has 3 aromatic rings. The largest absolute Gasteiger partial charge is 0.289 e. The number of hydrogen-bond donors (Lipinski definition) is 0. The van der Waals surface area contributed by atoms with Crippen LogP contribution in [0.4, 0.5) is 0 Å². The number of benzene rings is 1. The van der Waals surface area contributed by atoms with Crippen LogP contribution in [0.15, 0.2) is 46.6 Å². The van der Waals surface area contributed by atoms with E-state index in [-0.39, 0.29) is 5.43 Å². The van der Waals surface area contributed by atoms with Gasteiger partial charge in [-0.05, 0) is 35.4 Å². The summed E-state index contributed by atoms with van der Waals surface area (Å²) in [5.74, 6) is 0. The second-order valence-corrected chi connectivity index (χ2v) is 4.85. The minimum Gasteiger partial charge on any atom is -0.289 e. The van der Waals surface area contributed by atoms with Gasteiger partial charge in [-0.25, -0.2) is 0 Å². The van der Waals surface area contributed by atoms with Gasteiger partial charge in [0.15, 0.2) is 5.43 Å². The quantitative estimate of drug-likeness (QED) is 0.571. The fourth-order valence-corrected chi connectivity index (χ4v) is 2.86. The predicted molar refractivity (Wildman–Crippen MR) is 70.3 cm³/mol. The maximum atomic E-state index is 12.4. The first kappa shape index (κ1) is 9.55. The lowest BCUT2D eigenvalue weighted by Crippen LogP contribution is -1.98. The molecule has 0 N–H and O–H groups in total. The smallest absolute Gasteiger partial charge is 0.195 e. The zero-order valence-corrected chi connectivity index (χ0v) is 9.67. The molecule has 1 nitrogen and oxygen atoms in total. The summed E-state index contributed by atoms with van der Waals surface area (Å²) in [5, 5.41) is 4.66. The SMILES string of the molecule is Cc1cccc2ccc3sccc3c(=O)c12. The molecule has 0 aliphatic heterocycles. The van der Waals surface area contributed by atoms with Crippen molar-refractivity contribution in [2.75, 3.05) is 0 Å². The van der Waals surface area contributed by atoms with Crippen molar-refractivity contribution in [3.05, 3.63) is 57.6 Å².